The van der Waals surface area contributed by atoms with Crippen molar-refractivity contribution in [3.63, 3.8) is 0 Å². The van der Waals surface area contributed by atoms with E-state index in [0.717, 1.165) is 23.4 Å². The molecule has 0 aliphatic carbocycles. The Morgan fingerprint density at radius 3 is 2.74 bits per heavy atom. The Bertz CT molecular complexity index is 1110. The molecule has 0 bridgehead atoms. The van der Waals surface area contributed by atoms with E-state index in [9.17, 15) is 9.59 Å². The zero-order chi connectivity index (χ0) is 25.2. The monoisotopic (exact) mass is 497 g/mol. The molecule has 188 valence electrons. The highest BCUT2D eigenvalue weighted by Gasteiger charge is 2.53. The highest BCUT2D eigenvalue weighted by molar-refractivity contribution is 7.98. The van der Waals surface area contributed by atoms with Gasteiger partial charge in [-0.1, -0.05) is 32.9 Å². The van der Waals surface area contributed by atoms with Crippen LogP contribution in [0.5, 0.6) is 11.5 Å². The van der Waals surface area contributed by atoms with Crippen LogP contribution in [0, 0.1) is 5.41 Å². The Morgan fingerprint density at radius 1 is 1.23 bits per heavy atom. The Hall–Kier alpha value is -2.71. The van der Waals surface area contributed by atoms with Gasteiger partial charge in [0.2, 0.25) is 11.8 Å². The lowest BCUT2D eigenvalue weighted by Gasteiger charge is -2.23. The number of ether oxygens (including phenoxy) is 2. The molecule has 0 radical (unpaired) electrons. The molecule has 0 saturated carbocycles. The number of carbonyl (C=O) groups excluding carboxylic acids is 2. The van der Waals surface area contributed by atoms with Crippen molar-refractivity contribution in [1.29, 1.82) is 0 Å². The average Bonchev–Trinajstić information content (AvgIpc) is 3.37. The summed E-state index contributed by atoms with van der Waals surface area (Å²) in [5.41, 5.74) is 2.99. The summed E-state index contributed by atoms with van der Waals surface area (Å²) in [5.74, 6) is 1.88. The normalized spacial score (nSPS) is 21.1. The van der Waals surface area contributed by atoms with Crippen molar-refractivity contribution in [1.82, 2.24) is 5.32 Å². The predicted octanol–water partition coefficient (Wildman–Crippen LogP) is 4.22. The summed E-state index contributed by atoms with van der Waals surface area (Å²) in [6.07, 6.45) is 3.34. The molecule has 2 aromatic rings. The number of carbonyl (C=O) groups is 2. The van der Waals surface area contributed by atoms with E-state index < -0.39 is 11.5 Å². The zero-order valence-corrected chi connectivity index (χ0v) is 21.9. The van der Waals surface area contributed by atoms with E-state index >= 15 is 0 Å². The fourth-order valence-corrected chi connectivity index (χ4v) is 5.11. The van der Waals surface area contributed by atoms with Crippen molar-refractivity contribution < 1.29 is 19.1 Å². The number of anilines is 2. The van der Waals surface area contributed by atoms with E-state index in [1.54, 1.807) is 31.0 Å². The third-order valence-corrected chi connectivity index (χ3v) is 7.10. The van der Waals surface area contributed by atoms with Crippen molar-refractivity contribution in [3.8, 4) is 11.5 Å². The first-order valence-electron chi connectivity index (χ1n) is 11.9. The summed E-state index contributed by atoms with van der Waals surface area (Å²) in [5, 5.41) is 9.29. The summed E-state index contributed by atoms with van der Waals surface area (Å²) < 4.78 is 11.2. The predicted molar refractivity (Wildman–Crippen MR) is 142 cm³/mol. The molecule has 4 rings (SSSR count). The van der Waals surface area contributed by atoms with E-state index in [1.807, 2.05) is 18.4 Å². The van der Waals surface area contributed by atoms with Gasteiger partial charge in [0.05, 0.1) is 30.9 Å². The molecule has 2 aliphatic heterocycles. The first kappa shape index (κ1) is 25.4. The minimum Gasteiger partial charge on any atom is -0.494 e. The van der Waals surface area contributed by atoms with Crippen molar-refractivity contribution in [3.05, 3.63) is 47.5 Å². The minimum absolute atomic E-state index is 0.0486. The van der Waals surface area contributed by atoms with Gasteiger partial charge in [0.15, 0.2) is 0 Å². The van der Waals surface area contributed by atoms with Gasteiger partial charge in [0, 0.05) is 24.1 Å². The molecule has 1 fully saturated rings. The Kier molecular flexibility index (Phi) is 7.33. The molecule has 2 heterocycles. The molecule has 1 spiro atoms. The molecule has 2 unspecified atom stereocenters. The van der Waals surface area contributed by atoms with Crippen LogP contribution >= 0.6 is 11.8 Å². The number of amides is 2. The van der Waals surface area contributed by atoms with E-state index in [0.29, 0.717) is 36.8 Å². The van der Waals surface area contributed by atoms with Crippen molar-refractivity contribution >= 4 is 35.0 Å². The van der Waals surface area contributed by atoms with Crippen molar-refractivity contribution in [2.75, 3.05) is 42.9 Å². The summed E-state index contributed by atoms with van der Waals surface area (Å²) in [6.45, 7) is 7.63. The molecular weight excluding hydrogens is 462 g/mol. The van der Waals surface area contributed by atoms with Crippen molar-refractivity contribution in [2.24, 2.45) is 5.41 Å². The second-order valence-electron chi connectivity index (χ2n) is 10.5. The maximum Gasteiger partial charge on any atom is 0.241 e. The van der Waals surface area contributed by atoms with Gasteiger partial charge < -0.3 is 25.4 Å². The fraction of sp³-hybridized carbons (Fsp3) is 0.481. The number of hydrogen-bond acceptors (Lipinski definition) is 6. The third kappa shape index (κ3) is 5.43. The van der Waals surface area contributed by atoms with Crippen LogP contribution in [0.3, 0.4) is 0 Å². The highest BCUT2D eigenvalue weighted by Crippen LogP contribution is 2.44. The van der Waals surface area contributed by atoms with Gasteiger partial charge in [0.25, 0.3) is 0 Å². The zero-order valence-electron chi connectivity index (χ0n) is 21.1. The lowest BCUT2D eigenvalue weighted by molar-refractivity contribution is -0.120. The lowest BCUT2D eigenvalue weighted by atomic mass is 9.78. The molecule has 2 aliphatic rings. The fourth-order valence-electron chi connectivity index (χ4n) is 4.86. The molecule has 1 saturated heterocycles. The highest BCUT2D eigenvalue weighted by atomic mass is 32.2. The summed E-state index contributed by atoms with van der Waals surface area (Å²) in [7, 11) is 1.56. The number of thioether (sulfide) groups is 1. The number of rotatable bonds is 8. The molecule has 2 aromatic carbocycles. The van der Waals surface area contributed by atoms with Crippen LogP contribution in [-0.4, -0.2) is 50.1 Å². The van der Waals surface area contributed by atoms with E-state index in [2.05, 4.69) is 48.9 Å². The number of methoxy groups -OCH3 is 1. The number of hydrogen-bond donors (Lipinski definition) is 3. The van der Waals surface area contributed by atoms with E-state index in [4.69, 9.17) is 9.47 Å². The van der Waals surface area contributed by atoms with Gasteiger partial charge in [-0.15, -0.1) is 0 Å². The summed E-state index contributed by atoms with van der Waals surface area (Å²) in [4.78, 5) is 26.3. The third-order valence-electron chi connectivity index (χ3n) is 6.52. The van der Waals surface area contributed by atoms with Crippen LogP contribution in [0.4, 0.5) is 11.4 Å². The van der Waals surface area contributed by atoms with Gasteiger partial charge in [-0.25, -0.2) is 0 Å². The maximum atomic E-state index is 13.2. The topological polar surface area (TPSA) is 88.7 Å². The lowest BCUT2D eigenvalue weighted by Crippen LogP contribution is -2.36. The summed E-state index contributed by atoms with van der Waals surface area (Å²) >= 11 is 1.71. The number of fused-ring (bicyclic) bond motifs is 2. The smallest absolute Gasteiger partial charge is 0.241 e. The van der Waals surface area contributed by atoms with Gasteiger partial charge in [0.1, 0.15) is 11.5 Å². The molecule has 7 nitrogen and oxygen atoms in total. The quantitative estimate of drug-likeness (QED) is 0.474. The molecular formula is C27H35N3O4S. The number of nitrogens with one attached hydrogen (secondary N) is 3. The van der Waals surface area contributed by atoms with Crippen LogP contribution in [0.1, 0.15) is 38.3 Å². The van der Waals surface area contributed by atoms with Crippen LogP contribution < -0.4 is 25.4 Å². The maximum absolute atomic E-state index is 13.2. The Balaban J connectivity index is 1.49. The second-order valence-corrected chi connectivity index (χ2v) is 11.5. The average molecular weight is 498 g/mol. The van der Waals surface area contributed by atoms with Crippen LogP contribution in [0.15, 0.2) is 36.4 Å². The molecule has 35 heavy (non-hydrogen) atoms. The molecule has 3 N–H and O–H groups in total. The van der Waals surface area contributed by atoms with Gasteiger partial charge in [-0.3, -0.25) is 9.59 Å². The molecule has 0 aromatic heterocycles. The van der Waals surface area contributed by atoms with E-state index in [1.165, 1.54) is 5.56 Å². The first-order valence-corrected chi connectivity index (χ1v) is 13.3. The first-order chi connectivity index (χ1) is 16.6. The van der Waals surface area contributed by atoms with Gasteiger partial charge >= 0.3 is 0 Å². The number of benzene rings is 2. The Morgan fingerprint density at radius 2 is 2.03 bits per heavy atom. The van der Waals surface area contributed by atoms with Crippen LogP contribution in [-0.2, 0) is 21.4 Å². The standard InChI is InChI=1S/C27H35N3O4S/c1-26(2,3)14-17-6-8-20-19(12-17)27(25(32)30-20)15-22(28-16-27)24(31)29-21-9-7-18(13-23(21)33-4)34-10-11-35-5/h6-9,12-13,22,28H,10-11,14-16H2,1-5H3,(H,29,31)(H,30,32). The second kappa shape index (κ2) is 10.1. The van der Waals surface area contributed by atoms with E-state index in [-0.39, 0.29) is 17.2 Å². The van der Waals surface area contributed by atoms with Crippen LogP contribution in [0.25, 0.3) is 0 Å². The largest absolute Gasteiger partial charge is 0.494 e. The SMILES string of the molecule is COc1cc(OCCSC)ccc1NC(=O)C1CC2(CN1)C(=O)Nc1ccc(CC(C)(C)C)cc12. The van der Waals surface area contributed by atoms with Crippen LogP contribution in [0.2, 0.25) is 0 Å². The van der Waals surface area contributed by atoms with Crippen molar-refractivity contribution in [2.45, 2.75) is 45.1 Å². The molecule has 2 atom stereocenters. The summed E-state index contributed by atoms with van der Waals surface area (Å²) in [6, 6.07) is 11.1. The minimum atomic E-state index is -0.746. The van der Waals surface area contributed by atoms with Gasteiger partial charge in [-0.2, -0.15) is 11.8 Å². The Labute approximate surface area is 211 Å². The molecule has 8 heteroatoms. The molecule has 2 amide bonds. The van der Waals surface area contributed by atoms with Gasteiger partial charge in [-0.05, 0) is 53.8 Å².